The fourth-order valence-electron chi connectivity index (χ4n) is 2.09. The number of nitrogens with one attached hydrogen (secondary N) is 1. The molecule has 6 nitrogen and oxygen atoms in total. The highest BCUT2D eigenvalue weighted by atomic mass is 16.4. The highest BCUT2D eigenvalue weighted by Gasteiger charge is 2.20. The number of carboxylic acids is 1. The van der Waals surface area contributed by atoms with Crippen LogP contribution in [0.15, 0.2) is 0 Å². The lowest BCUT2D eigenvalue weighted by Gasteiger charge is -2.34. The first-order chi connectivity index (χ1) is 9.38. The molecular formula is C14H27N3O3. The molecule has 0 saturated carbocycles. The van der Waals surface area contributed by atoms with Gasteiger partial charge in [0.25, 0.3) is 0 Å². The van der Waals surface area contributed by atoms with Crippen molar-refractivity contribution < 1.29 is 14.7 Å². The normalized spacial score (nSPS) is 19.0. The molecule has 1 amide bonds. The molecule has 0 spiro atoms. The van der Waals surface area contributed by atoms with Gasteiger partial charge in [-0.3, -0.25) is 14.5 Å². The molecular weight excluding hydrogens is 258 g/mol. The second kappa shape index (κ2) is 8.21. The third kappa shape index (κ3) is 6.34. The quantitative estimate of drug-likeness (QED) is 0.701. The number of amides is 1. The minimum absolute atomic E-state index is 0.0742. The van der Waals surface area contributed by atoms with E-state index in [0.29, 0.717) is 19.0 Å². The van der Waals surface area contributed by atoms with E-state index in [1.807, 2.05) is 6.92 Å². The molecule has 1 atom stereocenters. The molecule has 1 fully saturated rings. The van der Waals surface area contributed by atoms with Gasteiger partial charge in [0.2, 0.25) is 5.91 Å². The van der Waals surface area contributed by atoms with Gasteiger partial charge in [0.15, 0.2) is 0 Å². The van der Waals surface area contributed by atoms with Gasteiger partial charge in [-0.05, 0) is 12.8 Å². The summed E-state index contributed by atoms with van der Waals surface area (Å²) in [6.07, 6.45) is 0.187. The van der Waals surface area contributed by atoms with E-state index in [1.54, 1.807) is 0 Å². The molecule has 0 aliphatic carbocycles. The number of hydrogen-bond donors (Lipinski definition) is 2. The topological polar surface area (TPSA) is 72.9 Å². The summed E-state index contributed by atoms with van der Waals surface area (Å²) in [7, 11) is 0. The lowest BCUT2D eigenvalue weighted by molar-refractivity contribution is -0.137. The summed E-state index contributed by atoms with van der Waals surface area (Å²) in [4.78, 5) is 26.7. The van der Waals surface area contributed by atoms with Gasteiger partial charge in [-0.1, -0.05) is 13.8 Å². The van der Waals surface area contributed by atoms with Crippen LogP contribution in [0.1, 0.15) is 27.2 Å². The van der Waals surface area contributed by atoms with Crippen molar-refractivity contribution in [2.24, 2.45) is 5.92 Å². The van der Waals surface area contributed by atoms with Crippen molar-refractivity contribution in [3.05, 3.63) is 0 Å². The molecule has 0 aromatic rings. The summed E-state index contributed by atoms with van der Waals surface area (Å²) in [5, 5.41) is 11.7. The fourth-order valence-corrected chi connectivity index (χ4v) is 2.09. The third-order valence-corrected chi connectivity index (χ3v) is 3.86. The van der Waals surface area contributed by atoms with Crippen LogP contribution in [0, 0.1) is 5.92 Å². The molecule has 2 N–H and O–H groups in total. The molecule has 116 valence electrons. The molecule has 1 heterocycles. The lowest BCUT2D eigenvalue weighted by Crippen LogP contribution is -2.50. The molecule has 1 rings (SSSR count). The van der Waals surface area contributed by atoms with Gasteiger partial charge in [0, 0.05) is 38.8 Å². The van der Waals surface area contributed by atoms with Crippen molar-refractivity contribution in [3.63, 3.8) is 0 Å². The molecule has 0 aromatic carbocycles. The SMILES string of the molecule is CC(C)C(C)NC(=O)CN1CCN(CCC(=O)O)CC1. The summed E-state index contributed by atoms with van der Waals surface area (Å²) < 4.78 is 0. The van der Waals surface area contributed by atoms with Crippen LogP contribution in [-0.4, -0.2) is 72.1 Å². The van der Waals surface area contributed by atoms with Gasteiger partial charge >= 0.3 is 5.97 Å². The Hall–Kier alpha value is -1.14. The molecule has 1 unspecified atom stereocenters. The lowest BCUT2D eigenvalue weighted by atomic mass is 10.1. The maximum Gasteiger partial charge on any atom is 0.304 e. The van der Waals surface area contributed by atoms with E-state index in [1.165, 1.54) is 0 Å². The monoisotopic (exact) mass is 285 g/mol. The van der Waals surface area contributed by atoms with Gasteiger partial charge < -0.3 is 15.3 Å². The Kier molecular flexibility index (Phi) is 6.95. The summed E-state index contributed by atoms with van der Waals surface area (Å²) in [6, 6.07) is 0.194. The van der Waals surface area contributed by atoms with Gasteiger partial charge in [0.05, 0.1) is 13.0 Å². The zero-order valence-corrected chi connectivity index (χ0v) is 12.8. The summed E-state index contributed by atoms with van der Waals surface area (Å²) in [6.45, 7) is 10.5. The van der Waals surface area contributed by atoms with Crippen molar-refractivity contribution >= 4 is 11.9 Å². The van der Waals surface area contributed by atoms with Crippen molar-refractivity contribution in [2.45, 2.75) is 33.2 Å². The number of nitrogens with zero attached hydrogens (tertiary/aromatic N) is 2. The van der Waals surface area contributed by atoms with Crippen LogP contribution < -0.4 is 5.32 Å². The van der Waals surface area contributed by atoms with Crippen LogP contribution in [-0.2, 0) is 9.59 Å². The number of piperazine rings is 1. The minimum Gasteiger partial charge on any atom is -0.481 e. The second-order valence-corrected chi connectivity index (χ2v) is 5.86. The zero-order valence-electron chi connectivity index (χ0n) is 12.8. The standard InChI is InChI=1S/C14H27N3O3/c1-11(2)12(3)15-13(18)10-17-8-6-16(7-9-17)5-4-14(19)20/h11-12H,4-10H2,1-3H3,(H,15,18)(H,19,20). The Morgan fingerprint density at radius 2 is 1.65 bits per heavy atom. The molecule has 6 heteroatoms. The third-order valence-electron chi connectivity index (χ3n) is 3.86. The van der Waals surface area contributed by atoms with E-state index in [0.717, 1.165) is 26.2 Å². The zero-order chi connectivity index (χ0) is 15.1. The van der Waals surface area contributed by atoms with Crippen molar-refractivity contribution in [1.82, 2.24) is 15.1 Å². The minimum atomic E-state index is -0.755. The van der Waals surface area contributed by atoms with Gasteiger partial charge in [-0.15, -0.1) is 0 Å². The molecule has 0 aromatic heterocycles. The fraction of sp³-hybridized carbons (Fsp3) is 0.857. The first kappa shape index (κ1) is 16.9. The number of aliphatic carboxylic acids is 1. The van der Waals surface area contributed by atoms with Gasteiger partial charge in [0.1, 0.15) is 0 Å². The van der Waals surface area contributed by atoms with Crippen LogP contribution >= 0.6 is 0 Å². The van der Waals surface area contributed by atoms with E-state index in [2.05, 4.69) is 29.0 Å². The van der Waals surface area contributed by atoms with E-state index in [-0.39, 0.29) is 18.4 Å². The number of carbonyl (C=O) groups is 2. The van der Waals surface area contributed by atoms with Crippen LogP contribution in [0.3, 0.4) is 0 Å². The Bertz CT molecular complexity index is 326. The smallest absolute Gasteiger partial charge is 0.304 e. The molecule has 0 radical (unpaired) electrons. The summed E-state index contributed by atoms with van der Waals surface area (Å²) >= 11 is 0. The average molecular weight is 285 g/mol. The number of carbonyl (C=O) groups excluding carboxylic acids is 1. The number of rotatable bonds is 7. The highest BCUT2D eigenvalue weighted by molar-refractivity contribution is 5.78. The van der Waals surface area contributed by atoms with Crippen LogP contribution in [0.4, 0.5) is 0 Å². The first-order valence-corrected chi connectivity index (χ1v) is 7.34. The molecule has 0 bridgehead atoms. The van der Waals surface area contributed by atoms with Gasteiger partial charge in [-0.2, -0.15) is 0 Å². The number of carboxylic acid groups (broad SMARTS) is 1. The Labute approximate surface area is 121 Å². The Balaban J connectivity index is 2.21. The molecule has 1 saturated heterocycles. The molecule has 20 heavy (non-hydrogen) atoms. The summed E-state index contributed by atoms with van der Waals surface area (Å²) in [5.74, 6) is -0.244. The predicted molar refractivity (Wildman–Crippen MR) is 77.6 cm³/mol. The maximum atomic E-state index is 11.9. The van der Waals surface area contributed by atoms with E-state index in [9.17, 15) is 9.59 Å². The predicted octanol–water partition coefficient (Wildman–Crippen LogP) is 0.239. The highest BCUT2D eigenvalue weighted by Crippen LogP contribution is 2.03. The van der Waals surface area contributed by atoms with E-state index >= 15 is 0 Å². The summed E-state index contributed by atoms with van der Waals surface area (Å²) in [5.41, 5.74) is 0. The molecule has 1 aliphatic rings. The first-order valence-electron chi connectivity index (χ1n) is 7.34. The van der Waals surface area contributed by atoms with Crippen molar-refractivity contribution in [3.8, 4) is 0 Å². The largest absolute Gasteiger partial charge is 0.481 e. The average Bonchev–Trinajstić information content (AvgIpc) is 2.37. The van der Waals surface area contributed by atoms with Gasteiger partial charge in [-0.25, -0.2) is 0 Å². The van der Waals surface area contributed by atoms with E-state index in [4.69, 9.17) is 5.11 Å². The van der Waals surface area contributed by atoms with Crippen LogP contribution in [0.25, 0.3) is 0 Å². The van der Waals surface area contributed by atoms with Crippen molar-refractivity contribution in [2.75, 3.05) is 39.3 Å². The Morgan fingerprint density at radius 1 is 1.10 bits per heavy atom. The maximum absolute atomic E-state index is 11.9. The van der Waals surface area contributed by atoms with Crippen molar-refractivity contribution in [1.29, 1.82) is 0 Å². The Morgan fingerprint density at radius 3 is 2.15 bits per heavy atom. The van der Waals surface area contributed by atoms with Crippen LogP contribution in [0.2, 0.25) is 0 Å². The second-order valence-electron chi connectivity index (χ2n) is 5.86. The molecule has 1 aliphatic heterocycles. The number of hydrogen-bond acceptors (Lipinski definition) is 4. The van der Waals surface area contributed by atoms with E-state index < -0.39 is 5.97 Å². The van der Waals surface area contributed by atoms with Crippen LogP contribution in [0.5, 0.6) is 0 Å².